The normalized spacial score (nSPS) is 10.8. The van der Waals surface area contributed by atoms with Crippen molar-refractivity contribution in [2.24, 2.45) is 0 Å². The minimum Gasteiger partial charge on any atom is -0.497 e. The van der Waals surface area contributed by atoms with Crippen LogP contribution in [0.2, 0.25) is 0 Å². The van der Waals surface area contributed by atoms with Crippen molar-refractivity contribution in [2.45, 2.75) is 0 Å². The molecule has 6 heteroatoms. The molecular weight excluding hydrogens is 577 g/mol. The van der Waals surface area contributed by atoms with Crippen molar-refractivity contribution in [3.05, 3.63) is 94.6 Å². The summed E-state index contributed by atoms with van der Waals surface area (Å²) in [6.45, 7) is 0. The molecule has 5 nitrogen and oxygen atoms in total. The lowest BCUT2D eigenvalue weighted by molar-refractivity contribution is -0.555. The van der Waals surface area contributed by atoms with Gasteiger partial charge in [0.25, 0.3) is 0 Å². The summed E-state index contributed by atoms with van der Waals surface area (Å²) in [5.74, 6) is 2.96. The minimum atomic E-state index is 0.665. The Labute approximate surface area is 230 Å². The van der Waals surface area contributed by atoms with E-state index in [9.17, 15) is 0 Å². The lowest BCUT2D eigenvalue weighted by Crippen LogP contribution is -2.36. The summed E-state index contributed by atoms with van der Waals surface area (Å²) in [5.41, 5.74) is 6.38. The molecule has 5 aromatic rings. The Balaban J connectivity index is 1.97. The molecule has 1 aromatic heterocycles. The molecule has 0 aliphatic rings. The predicted molar refractivity (Wildman–Crippen MR) is 155 cm³/mol. The zero-order valence-electron chi connectivity index (χ0n) is 21.1. The molecule has 0 atom stereocenters. The van der Waals surface area contributed by atoms with Gasteiger partial charge >= 0.3 is 0 Å². The topological polar surface area (TPSA) is 40.8 Å². The summed E-state index contributed by atoms with van der Waals surface area (Å²) in [6.07, 6.45) is 0. The molecule has 37 heavy (non-hydrogen) atoms. The van der Waals surface area contributed by atoms with Crippen molar-refractivity contribution in [2.75, 3.05) is 28.4 Å². The third-order valence-corrected chi connectivity index (χ3v) is 7.47. The van der Waals surface area contributed by atoms with Gasteiger partial charge in [-0.3, -0.25) is 0 Å². The van der Waals surface area contributed by atoms with Gasteiger partial charge in [-0.15, -0.1) is 0 Å². The van der Waals surface area contributed by atoms with Gasteiger partial charge in [-0.25, -0.2) is 0 Å². The van der Waals surface area contributed by atoms with Crippen LogP contribution in [0.15, 0.2) is 91.0 Å². The van der Waals surface area contributed by atoms with E-state index in [2.05, 4.69) is 81.8 Å². The molecule has 0 N–H and O–H groups in total. The average molecular weight is 604 g/mol. The first-order valence-electron chi connectivity index (χ1n) is 11.8. The maximum absolute atomic E-state index is 5.75. The van der Waals surface area contributed by atoms with Gasteiger partial charge in [-0.05, 0) is 70.6 Å². The lowest BCUT2D eigenvalue weighted by atomic mass is 9.96. The molecule has 0 spiro atoms. The van der Waals surface area contributed by atoms with E-state index in [1.54, 1.807) is 28.4 Å². The monoisotopic (exact) mass is 604 g/mol. The van der Waals surface area contributed by atoms with Crippen molar-refractivity contribution in [3.63, 3.8) is 0 Å². The summed E-state index contributed by atoms with van der Waals surface area (Å²) in [4.78, 5) is 0. The molecule has 0 saturated carbocycles. The largest absolute Gasteiger partial charge is 0.497 e. The van der Waals surface area contributed by atoms with Crippen LogP contribution in [0.1, 0.15) is 0 Å². The first kappa shape index (κ1) is 24.9. The maximum atomic E-state index is 5.75. The maximum Gasteiger partial charge on any atom is 0.233 e. The molecule has 0 bridgehead atoms. The van der Waals surface area contributed by atoms with E-state index >= 15 is 0 Å². The van der Waals surface area contributed by atoms with Crippen LogP contribution >= 0.6 is 22.6 Å². The van der Waals surface area contributed by atoms with Crippen molar-refractivity contribution < 1.29 is 23.5 Å². The molecule has 0 unspecified atom stereocenters. The van der Waals surface area contributed by atoms with Gasteiger partial charge in [0.2, 0.25) is 16.9 Å². The van der Waals surface area contributed by atoms with Gasteiger partial charge in [0.1, 0.15) is 11.5 Å². The van der Waals surface area contributed by atoms with Gasteiger partial charge in [-0.2, -0.15) is 4.57 Å². The molecule has 186 valence electrons. The number of nitrogens with zero attached hydrogens (tertiary/aromatic N) is 1. The van der Waals surface area contributed by atoms with Crippen LogP contribution < -0.4 is 23.5 Å². The molecule has 0 aliphatic heterocycles. The highest BCUT2D eigenvalue weighted by Crippen LogP contribution is 2.42. The van der Waals surface area contributed by atoms with E-state index in [4.69, 9.17) is 18.9 Å². The zero-order chi connectivity index (χ0) is 25.9. The van der Waals surface area contributed by atoms with E-state index < -0.39 is 0 Å². The highest BCUT2D eigenvalue weighted by Gasteiger charge is 2.30. The molecule has 5 rings (SSSR count). The summed E-state index contributed by atoms with van der Waals surface area (Å²) in [6, 6.07) is 30.8. The Hall–Kier alpha value is -3.78. The van der Waals surface area contributed by atoms with Crippen LogP contribution in [0, 0.1) is 3.57 Å². The first-order valence-corrected chi connectivity index (χ1v) is 12.8. The summed E-state index contributed by atoms with van der Waals surface area (Å²) in [5, 5.41) is 1.06. The van der Waals surface area contributed by atoms with Crippen molar-refractivity contribution in [3.8, 4) is 51.1 Å². The third-order valence-electron chi connectivity index (χ3n) is 6.42. The standard InChI is InChI=1S/C31H27INO4/c1-34-23-14-10-21(11-15-23)31-30(32)29(20-8-6-5-7-9-20)25-18-27(36-3)28(37-4)19-26(25)33(31)22-12-16-24(35-2)17-13-22/h5-19H,1-4H3/q+1. The lowest BCUT2D eigenvalue weighted by Gasteiger charge is -2.17. The Bertz CT molecular complexity index is 1550. The van der Waals surface area contributed by atoms with Gasteiger partial charge in [-0.1, -0.05) is 30.3 Å². The SMILES string of the molecule is COc1ccc(-c2c(I)c(-c3ccccc3)c3cc(OC)c(OC)cc3[n+]2-c2ccc(OC)cc2)cc1. The first-order chi connectivity index (χ1) is 18.1. The van der Waals surface area contributed by atoms with E-state index in [-0.39, 0.29) is 0 Å². The third kappa shape index (κ3) is 4.57. The fourth-order valence-electron chi connectivity index (χ4n) is 4.60. The predicted octanol–water partition coefficient (Wildman–Crippen LogP) is 7.09. The number of rotatable bonds is 7. The van der Waals surface area contributed by atoms with Crippen LogP contribution in [0.25, 0.3) is 39.0 Å². The van der Waals surface area contributed by atoms with Crippen molar-refractivity contribution >= 4 is 33.5 Å². The smallest absolute Gasteiger partial charge is 0.233 e. The van der Waals surface area contributed by atoms with Crippen LogP contribution in [-0.4, -0.2) is 28.4 Å². The summed E-state index contributed by atoms with van der Waals surface area (Å²) >= 11 is 2.47. The number of benzene rings is 4. The number of halogens is 1. The van der Waals surface area contributed by atoms with Crippen LogP contribution in [0.4, 0.5) is 0 Å². The number of hydrogen-bond acceptors (Lipinski definition) is 4. The van der Waals surface area contributed by atoms with Crippen molar-refractivity contribution in [1.29, 1.82) is 0 Å². The van der Waals surface area contributed by atoms with E-state index in [0.29, 0.717) is 11.5 Å². The number of fused-ring (bicyclic) bond motifs is 1. The highest BCUT2D eigenvalue weighted by atomic mass is 127. The zero-order valence-corrected chi connectivity index (χ0v) is 23.3. The van der Waals surface area contributed by atoms with Crippen LogP contribution in [0.3, 0.4) is 0 Å². The van der Waals surface area contributed by atoms with E-state index in [1.165, 1.54) is 0 Å². The highest BCUT2D eigenvalue weighted by molar-refractivity contribution is 14.1. The number of hydrogen-bond donors (Lipinski definition) is 0. The molecule has 0 fully saturated rings. The van der Waals surface area contributed by atoms with Crippen LogP contribution in [-0.2, 0) is 0 Å². The van der Waals surface area contributed by atoms with Gasteiger partial charge in [0, 0.05) is 23.3 Å². The molecule has 4 aromatic carbocycles. The Morgan fingerprint density at radius 3 is 1.73 bits per heavy atom. The second kappa shape index (κ2) is 10.7. The minimum absolute atomic E-state index is 0.665. The Morgan fingerprint density at radius 1 is 0.595 bits per heavy atom. The Morgan fingerprint density at radius 2 is 1.16 bits per heavy atom. The van der Waals surface area contributed by atoms with Gasteiger partial charge in [0.05, 0.1) is 43.5 Å². The number of pyridine rings is 1. The molecule has 0 aliphatic carbocycles. The Kier molecular flexibility index (Phi) is 7.19. The molecule has 0 amide bonds. The number of ether oxygens (including phenoxy) is 4. The van der Waals surface area contributed by atoms with E-state index in [1.807, 2.05) is 36.4 Å². The number of aromatic nitrogens is 1. The fourth-order valence-corrected chi connectivity index (χ4v) is 5.75. The average Bonchev–Trinajstić information content (AvgIpc) is 2.96. The summed E-state index contributed by atoms with van der Waals surface area (Å²) < 4.78 is 25.7. The second-order valence-electron chi connectivity index (χ2n) is 8.39. The van der Waals surface area contributed by atoms with E-state index in [0.717, 1.165) is 54.0 Å². The molecular formula is C31H27INO4+. The number of methoxy groups -OCH3 is 4. The molecule has 0 saturated heterocycles. The molecule has 0 radical (unpaired) electrons. The van der Waals surface area contributed by atoms with Crippen molar-refractivity contribution in [1.82, 2.24) is 0 Å². The second-order valence-corrected chi connectivity index (χ2v) is 9.47. The summed E-state index contributed by atoms with van der Waals surface area (Å²) in [7, 11) is 6.69. The fraction of sp³-hybridized carbons (Fsp3) is 0.129. The van der Waals surface area contributed by atoms with Crippen LogP contribution in [0.5, 0.6) is 23.0 Å². The molecule has 1 heterocycles. The quantitative estimate of drug-likeness (QED) is 0.147. The van der Waals surface area contributed by atoms with Gasteiger partial charge in [0.15, 0.2) is 11.5 Å². The van der Waals surface area contributed by atoms with Gasteiger partial charge < -0.3 is 18.9 Å².